The van der Waals surface area contributed by atoms with Crippen molar-refractivity contribution in [2.24, 2.45) is 0 Å². The molecular formula is C15H23N5O. The predicted octanol–water partition coefficient (Wildman–Crippen LogP) is 1.84. The lowest BCUT2D eigenvalue weighted by Gasteiger charge is -2.12. The molecule has 21 heavy (non-hydrogen) atoms. The fourth-order valence-electron chi connectivity index (χ4n) is 2.17. The van der Waals surface area contributed by atoms with Crippen molar-refractivity contribution in [1.29, 1.82) is 0 Å². The molecule has 1 N–H and O–H groups in total. The van der Waals surface area contributed by atoms with Gasteiger partial charge in [-0.05, 0) is 13.8 Å². The summed E-state index contributed by atoms with van der Waals surface area (Å²) in [5, 5.41) is 7.76. The molecule has 0 aliphatic rings. The molecule has 2 aromatic rings. The van der Waals surface area contributed by atoms with Gasteiger partial charge in [-0.2, -0.15) is 5.10 Å². The lowest BCUT2D eigenvalue weighted by atomic mass is 10.1. The highest BCUT2D eigenvalue weighted by molar-refractivity contribution is 5.41. The number of nitrogens with one attached hydrogen (secondary N) is 1. The third kappa shape index (κ3) is 3.78. The Hall–Kier alpha value is -1.95. The van der Waals surface area contributed by atoms with Crippen molar-refractivity contribution in [1.82, 2.24) is 25.1 Å². The molecule has 0 atom stereocenters. The summed E-state index contributed by atoms with van der Waals surface area (Å²) in [5.41, 5.74) is 3.04. The SMILES string of the molecule is COc1c(C)cnc(Cn2cnc(CNC(C)C)n2)c1C. The van der Waals surface area contributed by atoms with Crippen LogP contribution in [0.5, 0.6) is 5.75 Å². The second kappa shape index (κ2) is 6.67. The quantitative estimate of drug-likeness (QED) is 0.879. The highest BCUT2D eigenvalue weighted by atomic mass is 16.5. The van der Waals surface area contributed by atoms with Gasteiger partial charge in [-0.3, -0.25) is 4.98 Å². The van der Waals surface area contributed by atoms with E-state index in [1.165, 1.54) is 0 Å². The molecule has 0 saturated heterocycles. The number of hydrogen-bond donors (Lipinski definition) is 1. The smallest absolute Gasteiger partial charge is 0.164 e. The number of methoxy groups -OCH3 is 1. The topological polar surface area (TPSA) is 64.9 Å². The zero-order chi connectivity index (χ0) is 15.4. The van der Waals surface area contributed by atoms with Crippen molar-refractivity contribution in [3.63, 3.8) is 0 Å². The maximum absolute atomic E-state index is 5.43. The van der Waals surface area contributed by atoms with Gasteiger partial charge in [0.2, 0.25) is 0 Å². The summed E-state index contributed by atoms with van der Waals surface area (Å²) >= 11 is 0. The van der Waals surface area contributed by atoms with E-state index in [1.54, 1.807) is 18.1 Å². The Morgan fingerprint density at radius 1 is 1.29 bits per heavy atom. The Morgan fingerprint density at radius 3 is 2.71 bits per heavy atom. The second-order valence-electron chi connectivity index (χ2n) is 5.44. The molecule has 2 rings (SSSR count). The van der Waals surface area contributed by atoms with Crippen LogP contribution < -0.4 is 10.1 Å². The minimum atomic E-state index is 0.419. The van der Waals surface area contributed by atoms with Crippen LogP contribution in [-0.4, -0.2) is 32.9 Å². The van der Waals surface area contributed by atoms with Gasteiger partial charge in [0.05, 0.1) is 25.9 Å². The minimum absolute atomic E-state index is 0.419. The number of aromatic nitrogens is 4. The molecule has 0 unspecified atom stereocenters. The standard InChI is InChI=1S/C15H23N5O/c1-10(2)16-7-14-18-9-20(19-14)8-13-12(4)15(21-5)11(3)6-17-13/h6,9-10,16H,7-8H2,1-5H3. The van der Waals surface area contributed by atoms with Crippen LogP contribution in [0.1, 0.15) is 36.5 Å². The predicted molar refractivity (Wildman–Crippen MR) is 81.4 cm³/mol. The van der Waals surface area contributed by atoms with Crippen LogP contribution in [0.15, 0.2) is 12.5 Å². The summed E-state index contributed by atoms with van der Waals surface area (Å²) in [6, 6.07) is 0.419. The number of pyridine rings is 1. The van der Waals surface area contributed by atoms with Crippen molar-refractivity contribution in [3.05, 3.63) is 35.2 Å². The van der Waals surface area contributed by atoms with E-state index in [-0.39, 0.29) is 0 Å². The molecule has 0 spiro atoms. The first-order valence-electron chi connectivity index (χ1n) is 7.12. The summed E-state index contributed by atoms with van der Waals surface area (Å²) < 4.78 is 7.24. The van der Waals surface area contributed by atoms with Crippen molar-refractivity contribution in [2.45, 2.75) is 46.8 Å². The Labute approximate surface area is 125 Å². The highest BCUT2D eigenvalue weighted by Gasteiger charge is 2.11. The molecule has 2 heterocycles. The number of nitrogens with zero attached hydrogens (tertiary/aromatic N) is 4. The van der Waals surface area contributed by atoms with Crippen LogP contribution in [0.25, 0.3) is 0 Å². The summed E-state index contributed by atoms with van der Waals surface area (Å²) in [7, 11) is 1.68. The normalized spacial score (nSPS) is 11.1. The molecule has 0 amide bonds. The Balaban J connectivity index is 2.12. The van der Waals surface area contributed by atoms with Gasteiger partial charge in [-0.25, -0.2) is 9.67 Å². The van der Waals surface area contributed by atoms with Gasteiger partial charge < -0.3 is 10.1 Å². The van der Waals surface area contributed by atoms with E-state index < -0.39 is 0 Å². The number of ether oxygens (including phenoxy) is 1. The van der Waals surface area contributed by atoms with Crippen molar-refractivity contribution in [3.8, 4) is 5.75 Å². The van der Waals surface area contributed by atoms with E-state index in [1.807, 2.05) is 20.0 Å². The van der Waals surface area contributed by atoms with Crippen LogP contribution in [0.3, 0.4) is 0 Å². The monoisotopic (exact) mass is 289 g/mol. The molecule has 6 nitrogen and oxygen atoms in total. The molecule has 114 valence electrons. The van der Waals surface area contributed by atoms with Gasteiger partial charge in [0.1, 0.15) is 12.1 Å². The average Bonchev–Trinajstić information content (AvgIpc) is 2.88. The lowest BCUT2D eigenvalue weighted by molar-refractivity contribution is 0.406. The molecule has 0 bridgehead atoms. The van der Waals surface area contributed by atoms with Crippen molar-refractivity contribution in [2.75, 3.05) is 7.11 Å². The maximum Gasteiger partial charge on any atom is 0.164 e. The van der Waals surface area contributed by atoms with Crippen LogP contribution in [0, 0.1) is 13.8 Å². The number of rotatable bonds is 6. The molecule has 6 heteroatoms. The summed E-state index contributed by atoms with van der Waals surface area (Å²) in [6.45, 7) is 9.48. The van der Waals surface area contributed by atoms with E-state index in [2.05, 4.69) is 34.2 Å². The van der Waals surface area contributed by atoms with Crippen molar-refractivity contribution >= 4 is 0 Å². The molecule has 0 aliphatic heterocycles. The number of hydrogen-bond acceptors (Lipinski definition) is 5. The Morgan fingerprint density at radius 2 is 2.05 bits per heavy atom. The van der Waals surface area contributed by atoms with Crippen LogP contribution >= 0.6 is 0 Å². The van der Waals surface area contributed by atoms with Gasteiger partial charge in [0.25, 0.3) is 0 Å². The van der Waals surface area contributed by atoms with Gasteiger partial charge in [0, 0.05) is 23.4 Å². The largest absolute Gasteiger partial charge is 0.496 e. The first-order valence-corrected chi connectivity index (χ1v) is 7.12. The molecule has 2 aromatic heterocycles. The van der Waals surface area contributed by atoms with Crippen LogP contribution in [0.4, 0.5) is 0 Å². The first kappa shape index (κ1) is 15.4. The van der Waals surface area contributed by atoms with Crippen LogP contribution in [0.2, 0.25) is 0 Å². The maximum atomic E-state index is 5.43. The molecular weight excluding hydrogens is 266 g/mol. The van der Waals surface area contributed by atoms with E-state index >= 15 is 0 Å². The lowest BCUT2D eigenvalue weighted by Crippen LogP contribution is -2.22. The average molecular weight is 289 g/mol. The third-order valence-electron chi connectivity index (χ3n) is 3.31. The Bertz CT molecular complexity index is 606. The van der Waals surface area contributed by atoms with E-state index in [4.69, 9.17) is 4.74 Å². The van der Waals surface area contributed by atoms with Gasteiger partial charge in [-0.1, -0.05) is 13.8 Å². The third-order valence-corrected chi connectivity index (χ3v) is 3.31. The number of aryl methyl sites for hydroxylation is 1. The molecule has 0 aliphatic carbocycles. The highest BCUT2D eigenvalue weighted by Crippen LogP contribution is 2.24. The second-order valence-corrected chi connectivity index (χ2v) is 5.44. The van der Waals surface area contributed by atoms with Crippen molar-refractivity contribution < 1.29 is 4.74 Å². The van der Waals surface area contributed by atoms with Crippen LogP contribution in [-0.2, 0) is 13.1 Å². The molecule has 0 radical (unpaired) electrons. The van der Waals surface area contributed by atoms with E-state index in [0.29, 0.717) is 19.1 Å². The zero-order valence-corrected chi connectivity index (χ0v) is 13.3. The zero-order valence-electron chi connectivity index (χ0n) is 13.3. The van der Waals surface area contributed by atoms with E-state index in [9.17, 15) is 0 Å². The summed E-state index contributed by atoms with van der Waals surface area (Å²) in [5.74, 6) is 1.68. The van der Waals surface area contributed by atoms with Gasteiger partial charge in [0.15, 0.2) is 5.82 Å². The Kier molecular flexibility index (Phi) is 4.90. The molecule has 0 saturated carbocycles. The minimum Gasteiger partial charge on any atom is -0.496 e. The summed E-state index contributed by atoms with van der Waals surface area (Å²) in [4.78, 5) is 8.79. The summed E-state index contributed by atoms with van der Waals surface area (Å²) in [6.07, 6.45) is 3.57. The van der Waals surface area contributed by atoms with Gasteiger partial charge >= 0.3 is 0 Å². The molecule has 0 fully saturated rings. The van der Waals surface area contributed by atoms with E-state index in [0.717, 1.165) is 28.4 Å². The molecule has 0 aromatic carbocycles. The fraction of sp³-hybridized carbons (Fsp3) is 0.533. The fourth-order valence-corrected chi connectivity index (χ4v) is 2.17. The first-order chi connectivity index (χ1) is 10.0. The van der Waals surface area contributed by atoms with Gasteiger partial charge in [-0.15, -0.1) is 0 Å².